The summed E-state index contributed by atoms with van der Waals surface area (Å²) in [6.07, 6.45) is 8.21. The van der Waals surface area contributed by atoms with E-state index in [0.717, 1.165) is 45.3 Å². The minimum Gasteiger partial charge on any atom is -0.466 e. The molecule has 0 saturated carbocycles. The van der Waals surface area contributed by atoms with Crippen LogP contribution in [0.1, 0.15) is 32.1 Å². The monoisotopic (exact) mass is 228 g/mol. The zero-order chi connectivity index (χ0) is 11.6. The molecule has 0 atom stereocenters. The summed E-state index contributed by atoms with van der Waals surface area (Å²) < 4.78 is 15.3. The molecule has 4 nitrogen and oxygen atoms in total. The highest BCUT2D eigenvalue weighted by Gasteiger charge is 2.12. The summed E-state index contributed by atoms with van der Waals surface area (Å²) >= 11 is 0. The van der Waals surface area contributed by atoms with Crippen LogP contribution in [-0.2, 0) is 19.0 Å². The molecule has 0 aromatic carbocycles. The molecule has 0 aromatic rings. The average Bonchev–Trinajstić information content (AvgIpc) is 2.34. The molecule has 1 saturated heterocycles. The lowest BCUT2D eigenvalue weighted by atomic mass is 10.2. The minimum atomic E-state index is -0.293. The molecule has 16 heavy (non-hydrogen) atoms. The molecular formula is C12H20O4. The van der Waals surface area contributed by atoms with Gasteiger partial charge in [0, 0.05) is 6.08 Å². The molecule has 0 radical (unpaired) electrons. The van der Waals surface area contributed by atoms with Crippen molar-refractivity contribution < 1.29 is 19.0 Å². The van der Waals surface area contributed by atoms with Gasteiger partial charge < -0.3 is 14.2 Å². The highest BCUT2D eigenvalue weighted by molar-refractivity contribution is 5.81. The number of methoxy groups -OCH3 is 1. The summed E-state index contributed by atoms with van der Waals surface area (Å²) in [6, 6.07) is 0. The van der Waals surface area contributed by atoms with Crippen LogP contribution >= 0.6 is 0 Å². The summed E-state index contributed by atoms with van der Waals surface area (Å²) in [4.78, 5) is 10.7. The van der Waals surface area contributed by atoms with Crippen molar-refractivity contribution in [1.82, 2.24) is 0 Å². The van der Waals surface area contributed by atoms with Crippen LogP contribution in [0, 0.1) is 0 Å². The first-order chi connectivity index (χ1) is 7.83. The SMILES string of the molecule is COC(=O)/C=C/CCCCC1OCCCO1. The maximum absolute atomic E-state index is 10.7. The quantitative estimate of drug-likeness (QED) is 0.396. The van der Waals surface area contributed by atoms with Crippen molar-refractivity contribution in [2.24, 2.45) is 0 Å². The molecule has 92 valence electrons. The van der Waals surface area contributed by atoms with Crippen LogP contribution in [0.5, 0.6) is 0 Å². The number of esters is 1. The van der Waals surface area contributed by atoms with Crippen LogP contribution in [-0.4, -0.2) is 32.6 Å². The zero-order valence-corrected chi connectivity index (χ0v) is 9.81. The smallest absolute Gasteiger partial charge is 0.330 e. The Morgan fingerprint density at radius 1 is 1.38 bits per heavy atom. The van der Waals surface area contributed by atoms with Gasteiger partial charge in [-0.05, 0) is 32.1 Å². The number of carbonyl (C=O) groups excluding carboxylic acids is 1. The molecule has 0 bridgehead atoms. The first-order valence-electron chi connectivity index (χ1n) is 5.80. The lowest BCUT2D eigenvalue weighted by Crippen LogP contribution is -2.24. The van der Waals surface area contributed by atoms with E-state index in [1.165, 1.54) is 13.2 Å². The molecule has 0 aliphatic carbocycles. The van der Waals surface area contributed by atoms with E-state index in [1.807, 2.05) is 6.08 Å². The van der Waals surface area contributed by atoms with Crippen molar-refractivity contribution in [2.45, 2.75) is 38.4 Å². The summed E-state index contributed by atoms with van der Waals surface area (Å²) in [5, 5.41) is 0. The zero-order valence-electron chi connectivity index (χ0n) is 9.81. The number of unbranched alkanes of at least 4 members (excludes halogenated alkanes) is 2. The van der Waals surface area contributed by atoms with E-state index < -0.39 is 0 Å². The molecule has 0 aromatic heterocycles. The molecule has 0 unspecified atom stereocenters. The van der Waals surface area contributed by atoms with Gasteiger partial charge in [0.1, 0.15) is 0 Å². The molecule has 1 heterocycles. The summed E-state index contributed by atoms with van der Waals surface area (Å²) in [5.41, 5.74) is 0. The summed E-state index contributed by atoms with van der Waals surface area (Å²) in [7, 11) is 1.38. The Morgan fingerprint density at radius 3 is 2.81 bits per heavy atom. The molecule has 0 N–H and O–H groups in total. The largest absolute Gasteiger partial charge is 0.466 e. The maximum atomic E-state index is 10.7. The van der Waals surface area contributed by atoms with Gasteiger partial charge in [0.2, 0.25) is 0 Å². The number of ether oxygens (including phenoxy) is 3. The Hall–Kier alpha value is -0.870. The molecular weight excluding hydrogens is 208 g/mol. The molecule has 0 spiro atoms. The average molecular weight is 228 g/mol. The van der Waals surface area contributed by atoms with Crippen LogP contribution in [0.4, 0.5) is 0 Å². The van der Waals surface area contributed by atoms with E-state index in [4.69, 9.17) is 9.47 Å². The Kier molecular flexibility index (Phi) is 6.85. The Morgan fingerprint density at radius 2 is 2.12 bits per heavy atom. The van der Waals surface area contributed by atoms with E-state index in [0.29, 0.717) is 0 Å². The number of rotatable bonds is 6. The van der Waals surface area contributed by atoms with Gasteiger partial charge in [0.05, 0.1) is 20.3 Å². The van der Waals surface area contributed by atoms with Crippen LogP contribution < -0.4 is 0 Å². The van der Waals surface area contributed by atoms with E-state index >= 15 is 0 Å². The lowest BCUT2D eigenvalue weighted by Gasteiger charge is -2.22. The summed E-state index contributed by atoms with van der Waals surface area (Å²) in [6.45, 7) is 1.62. The van der Waals surface area contributed by atoms with Crippen molar-refractivity contribution in [1.29, 1.82) is 0 Å². The van der Waals surface area contributed by atoms with Crippen LogP contribution in [0.25, 0.3) is 0 Å². The Balaban J connectivity index is 1.94. The fourth-order valence-corrected chi connectivity index (χ4v) is 1.52. The van der Waals surface area contributed by atoms with E-state index in [-0.39, 0.29) is 12.3 Å². The van der Waals surface area contributed by atoms with Crippen LogP contribution in [0.15, 0.2) is 12.2 Å². The normalized spacial score (nSPS) is 17.8. The van der Waals surface area contributed by atoms with Crippen molar-refractivity contribution in [3.05, 3.63) is 12.2 Å². The van der Waals surface area contributed by atoms with E-state index in [9.17, 15) is 4.79 Å². The number of hydrogen-bond acceptors (Lipinski definition) is 4. The molecule has 1 rings (SSSR count). The van der Waals surface area contributed by atoms with Crippen LogP contribution in [0.3, 0.4) is 0 Å². The Labute approximate surface area is 96.6 Å². The van der Waals surface area contributed by atoms with Gasteiger partial charge in [-0.2, -0.15) is 0 Å². The molecule has 4 heteroatoms. The van der Waals surface area contributed by atoms with E-state index in [1.54, 1.807) is 0 Å². The van der Waals surface area contributed by atoms with Gasteiger partial charge >= 0.3 is 5.97 Å². The second-order valence-electron chi connectivity index (χ2n) is 3.73. The second-order valence-corrected chi connectivity index (χ2v) is 3.73. The fraction of sp³-hybridized carbons (Fsp3) is 0.750. The molecule has 0 amide bonds. The third-order valence-electron chi connectivity index (χ3n) is 2.41. The third-order valence-corrected chi connectivity index (χ3v) is 2.41. The standard InChI is InChI=1S/C12H20O4/c1-14-11(13)7-4-2-3-5-8-12-15-9-6-10-16-12/h4,7,12H,2-3,5-6,8-10H2,1H3/b7-4+. The van der Waals surface area contributed by atoms with Gasteiger partial charge in [-0.1, -0.05) is 6.08 Å². The van der Waals surface area contributed by atoms with Gasteiger partial charge in [0.15, 0.2) is 6.29 Å². The van der Waals surface area contributed by atoms with Gasteiger partial charge in [-0.25, -0.2) is 4.79 Å². The second kappa shape index (κ2) is 8.30. The summed E-state index contributed by atoms with van der Waals surface area (Å²) in [5.74, 6) is -0.293. The minimum absolute atomic E-state index is 0.0154. The molecule has 1 aliphatic rings. The number of allylic oxidation sites excluding steroid dienone is 1. The van der Waals surface area contributed by atoms with E-state index in [2.05, 4.69) is 4.74 Å². The lowest BCUT2D eigenvalue weighted by molar-refractivity contribution is -0.181. The molecule has 1 aliphatic heterocycles. The van der Waals surface area contributed by atoms with Crippen molar-refractivity contribution in [3.63, 3.8) is 0 Å². The highest BCUT2D eigenvalue weighted by atomic mass is 16.7. The van der Waals surface area contributed by atoms with Crippen molar-refractivity contribution in [2.75, 3.05) is 20.3 Å². The van der Waals surface area contributed by atoms with Gasteiger partial charge in [-0.15, -0.1) is 0 Å². The van der Waals surface area contributed by atoms with Gasteiger partial charge in [0.25, 0.3) is 0 Å². The third kappa shape index (κ3) is 5.88. The fourth-order valence-electron chi connectivity index (χ4n) is 1.52. The predicted octanol–water partition coefficient (Wildman–Crippen LogP) is 2.04. The highest BCUT2D eigenvalue weighted by Crippen LogP contribution is 2.12. The van der Waals surface area contributed by atoms with Crippen molar-refractivity contribution in [3.8, 4) is 0 Å². The first kappa shape index (κ1) is 13.2. The predicted molar refractivity (Wildman–Crippen MR) is 59.9 cm³/mol. The molecule has 1 fully saturated rings. The van der Waals surface area contributed by atoms with Crippen LogP contribution in [0.2, 0.25) is 0 Å². The topological polar surface area (TPSA) is 44.8 Å². The van der Waals surface area contributed by atoms with Crippen molar-refractivity contribution >= 4 is 5.97 Å². The Bertz CT molecular complexity index is 219. The first-order valence-corrected chi connectivity index (χ1v) is 5.80. The number of hydrogen-bond donors (Lipinski definition) is 0. The van der Waals surface area contributed by atoms with Gasteiger partial charge in [-0.3, -0.25) is 0 Å². The number of carbonyl (C=O) groups is 1. The maximum Gasteiger partial charge on any atom is 0.330 e.